The molecule has 0 fully saturated rings. The topological polar surface area (TPSA) is 62.2 Å². The van der Waals surface area contributed by atoms with Crippen LogP contribution in [0.2, 0.25) is 0 Å². The molecule has 4 nitrogen and oxygen atoms in total. The van der Waals surface area contributed by atoms with E-state index in [0.717, 1.165) is 0 Å². The van der Waals surface area contributed by atoms with Crippen molar-refractivity contribution >= 4 is 21.8 Å². The third-order valence-corrected chi connectivity index (χ3v) is 2.26. The van der Waals surface area contributed by atoms with Crippen molar-refractivity contribution in [2.24, 2.45) is 0 Å². The molecule has 0 radical (unpaired) electrons. The van der Waals surface area contributed by atoms with Crippen LogP contribution in [-0.2, 0) is 0 Å². The van der Waals surface area contributed by atoms with Crippen molar-refractivity contribution in [2.75, 3.05) is 6.54 Å². The zero-order valence-electron chi connectivity index (χ0n) is 8.33. The van der Waals surface area contributed by atoms with Crippen LogP contribution in [0.5, 0.6) is 0 Å². The van der Waals surface area contributed by atoms with Crippen molar-refractivity contribution in [2.45, 2.75) is 12.3 Å². The summed E-state index contributed by atoms with van der Waals surface area (Å²) >= 11 is 3.02. The number of amides is 1. The van der Waals surface area contributed by atoms with Crippen LogP contribution < -0.4 is 5.32 Å². The van der Waals surface area contributed by atoms with Crippen molar-refractivity contribution in [1.29, 1.82) is 0 Å². The summed E-state index contributed by atoms with van der Waals surface area (Å²) in [6, 6.07) is 2.70. The van der Waals surface area contributed by atoms with E-state index in [1.165, 1.54) is 18.3 Å². The van der Waals surface area contributed by atoms with Gasteiger partial charge in [0.05, 0.1) is 6.54 Å². The average Bonchev–Trinajstić information content (AvgIpc) is 2.24. The van der Waals surface area contributed by atoms with Crippen LogP contribution in [0.3, 0.4) is 0 Å². The molecule has 0 spiro atoms. The van der Waals surface area contributed by atoms with Gasteiger partial charge in [-0.3, -0.25) is 4.79 Å². The van der Waals surface area contributed by atoms with E-state index in [0.29, 0.717) is 4.60 Å². The van der Waals surface area contributed by atoms with Crippen LogP contribution in [0.1, 0.15) is 10.4 Å². The molecule has 1 atom stereocenters. The quantitative estimate of drug-likeness (QED) is 0.831. The van der Waals surface area contributed by atoms with Gasteiger partial charge in [-0.2, -0.15) is 13.2 Å². The highest BCUT2D eigenvalue weighted by atomic mass is 79.9. The molecular formula is C9H8BrF3N2O2. The minimum absolute atomic E-state index is 0.154. The van der Waals surface area contributed by atoms with Gasteiger partial charge in [0.1, 0.15) is 4.60 Å². The predicted octanol–water partition coefficient (Wildman–Crippen LogP) is 1.50. The van der Waals surface area contributed by atoms with Gasteiger partial charge in [0.25, 0.3) is 5.91 Å². The van der Waals surface area contributed by atoms with E-state index in [9.17, 15) is 18.0 Å². The normalized spacial score (nSPS) is 13.2. The summed E-state index contributed by atoms with van der Waals surface area (Å²) < 4.78 is 36.2. The van der Waals surface area contributed by atoms with E-state index < -0.39 is 24.7 Å². The molecule has 2 N–H and O–H groups in total. The highest BCUT2D eigenvalue weighted by molar-refractivity contribution is 9.10. The first-order valence-corrected chi connectivity index (χ1v) is 5.24. The molecule has 0 bridgehead atoms. The van der Waals surface area contributed by atoms with E-state index >= 15 is 0 Å². The number of halogens is 4. The minimum atomic E-state index is -4.74. The number of nitrogens with one attached hydrogen (secondary N) is 1. The maximum Gasteiger partial charge on any atom is 0.416 e. The first-order valence-electron chi connectivity index (χ1n) is 4.45. The van der Waals surface area contributed by atoms with Gasteiger partial charge in [0.15, 0.2) is 6.10 Å². The Morgan fingerprint density at radius 1 is 1.59 bits per heavy atom. The fraction of sp³-hybridized carbons (Fsp3) is 0.333. The Kier molecular flexibility index (Phi) is 4.47. The van der Waals surface area contributed by atoms with Gasteiger partial charge >= 0.3 is 6.18 Å². The number of alkyl halides is 3. The summed E-state index contributed by atoms with van der Waals surface area (Å²) in [5.74, 6) is -0.712. The summed E-state index contributed by atoms with van der Waals surface area (Å²) in [5.41, 5.74) is 0.154. The molecule has 1 aromatic heterocycles. The second-order valence-electron chi connectivity index (χ2n) is 3.13. The Hall–Kier alpha value is -1.15. The van der Waals surface area contributed by atoms with Gasteiger partial charge in [-0.15, -0.1) is 0 Å². The minimum Gasteiger partial charge on any atom is -0.382 e. The first kappa shape index (κ1) is 13.9. The van der Waals surface area contributed by atoms with Crippen molar-refractivity contribution in [1.82, 2.24) is 10.3 Å². The predicted molar refractivity (Wildman–Crippen MR) is 56.3 cm³/mol. The molecular weight excluding hydrogens is 305 g/mol. The van der Waals surface area contributed by atoms with Gasteiger partial charge in [-0.05, 0) is 28.1 Å². The van der Waals surface area contributed by atoms with Crippen LogP contribution in [0, 0.1) is 0 Å². The lowest BCUT2D eigenvalue weighted by Crippen LogP contribution is -2.40. The molecule has 17 heavy (non-hydrogen) atoms. The summed E-state index contributed by atoms with van der Waals surface area (Å²) in [5, 5.41) is 10.6. The largest absolute Gasteiger partial charge is 0.416 e. The molecule has 0 aliphatic carbocycles. The number of aliphatic hydroxyl groups excluding tert-OH is 1. The number of carbonyl (C=O) groups is 1. The maximum absolute atomic E-state index is 11.9. The number of aliphatic hydroxyl groups is 1. The number of hydrogen-bond acceptors (Lipinski definition) is 3. The Bertz CT molecular complexity index is 411. The second-order valence-corrected chi connectivity index (χ2v) is 3.95. The van der Waals surface area contributed by atoms with Gasteiger partial charge in [0, 0.05) is 11.8 Å². The summed E-state index contributed by atoms with van der Waals surface area (Å²) in [6.45, 7) is -0.887. The molecule has 0 aromatic carbocycles. The zero-order chi connectivity index (χ0) is 13.1. The van der Waals surface area contributed by atoms with Crippen LogP contribution in [0.4, 0.5) is 13.2 Å². The van der Waals surface area contributed by atoms with Gasteiger partial charge in [-0.25, -0.2) is 4.98 Å². The maximum atomic E-state index is 11.9. The monoisotopic (exact) mass is 312 g/mol. The summed E-state index contributed by atoms with van der Waals surface area (Å²) in [6.07, 6.45) is -5.98. The third kappa shape index (κ3) is 4.31. The summed E-state index contributed by atoms with van der Waals surface area (Å²) in [4.78, 5) is 15.2. The van der Waals surface area contributed by atoms with Gasteiger partial charge < -0.3 is 10.4 Å². The lowest BCUT2D eigenvalue weighted by atomic mass is 10.2. The average molecular weight is 313 g/mol. The van der Waals surface area contributed by atoms with Crippen molar-refractivity contribution < 1.29 is 23.1 Å². The van der Waals surface area contributed by atoms with Crippen LogP contribution >= 0.6 is 15.9 Å². The molecule has 8 heteroatoms. The Labute approximate surface area is 103 Å². The van der Waals surface area contributed by atoms with Gasteiger partial charge in [0.2, 0.25) is 0 Å². The van der Waals surface area contributed by atoms with E-state index in [4.69, 9.17) is 5.11 Å². The van der Waals surface area contributed by atoms with Crippen LogP contribution in [0.25, 0.3) is 0 Å². The highest BCUT2D eigenvalue weighted by Gasteiger charge is 2.38. The Morgan fingerprint density at radius 2 is 2.24 bits per heavy atom. The molecule has 94 valence electrons. The Morgan fingerprint density at radius 3 is 2.76 bits per heavy atom. The molecule has 0 saturated heterocycles. The van der Waals surface area contributed by atoms with E-state index in [2.05, 4.69) is 20.9 Å². The number of nitrogens with zero attached hydrogens (tertiary/aromatic N) is 1. The van der Waals surface area contributed by atoms with Crippen LogP contribution in [-0.4, -0.2) is 34.8 Å². The first-order chi connectivity index (χ1) is 7.80. The van der Waals surface area contributed by atoms with Crippen molar-refractivity contribution in [3.05, 3.63) is 28.5 Å². The fourth-order valence-electron chi connectivity index (χ4n) is 0.951. The molecule has 0 saturated carbocycles. The number of hydrogen-bond donors (Lipinski definition) is 2. The number of pyridine rings is 1. The molecule has 1 heterocycles. The van der Waals surface area contributed by atoms with Crippen molar-refractivity contribution in [3.63, 3.8) is 0 Å². The molecule has 1 amide bonds. The van der Waals surface area contributed by atoms with Crippen molar-refractivity contribution in [3.8, 4) is 0 Å². The zero-order valence-corrected chi connectivity index (χ0v) is 9.92. The lowest BCUT2D eigenvalue weighted by Gasteiger charge is -2.14. The number of aromatic nitrogens is 1. The van der Waals surface area contributed by atoms with Crippen LogP contribution in [0.15, 0.2) is 22.9 Å². The lowest BCUT2D eigenvalue weighted by molar-refractivity contribution is -0.201. The second kappa shape index (κ2) is 5.46. The third-order valence-electron chi connectivity index (χ3n) is 1.82. The number of rotatable bonds is 3. The molecule has 1 aromatic rings. The Balaban J connectivity index is 2.57. The molecule has 1 unspecified atom stereocenters. The van der Waals surface area contributed by atoms with E-state index in [1.807, 2.05) is 5.32 Å². The van der Waals surface area contributed by atoms with E-state index in [-0.39, 0.29) is 5.56 Å². The van der Waals surface area contributed by atoms with E-state index in [1.54, 1.807) is 0 Å². The molecule has 1 rings (SSSR count). The SMILES string of the molecule is O=C(NCC(O)C(F)(F)F)c1ccnc(Br)c1. The summed E-state index contributed by atoms with van der Waals surface area (Å²) in [7, 11) is 0. The molecule has 0 aliphatic heterocycles. The fourth-order valence-corrected chi connectivity index (χ4v) is 1.32. The standard InChI is InChI=1S/C9H8BrF3N2O2/c10-7-3-5(1-2-14-7)8(17)15-4-6(16)9(11,12)13/h1-3,6,16H,4H2,(H,15,17). The molecule has 0 aliphatic rings. The number of carbonyl (C=O) groups excluding carboxylic acids is 1. The highest BCUT2D eigenvalue weighted by Crippen LogP contribution is 2.19. The smallest absolute Gasteiger partial charge is 0.382 e. The van der Waals surface area contributed by atoms with Gasteiger partial charge in [-0.1, -0.05) is 0 Å².